The van der Waals surface area contributed by atoms with E-state index in [1.165, 1.54) is 43.0 Å². The van der Waals surface area contributed by atoms with E-state index in [1.54, 1.807) is 24.4 Å². The molecule has 16 nitrogen and oxygen atoms in total. The number of hydrogen-bond donors (Lipinski definition) is 3. The summed E-state index contributed by atoms with van der Waals surface area (Å²) < 4.78 is 47.5. The fourth-order valence-electron chi connectivity index (χ4n) is 11.5. The van der Waals surface area contributed by atoms with E-state index < -0.39 is 31.6 Å². The molecule has 2 aromatic carbocycles. The second-order valence-electron chi connectivity index (χ2n) is 19.0. The number of amides is 1. The van der Waals surface area contributed by atoms with Gasteiger partial charge in [-0.1, -0.05) is 38.1 Å². The summed E-state index contributed by atoms with van der Waals surface area (Å²) >= 11 is 0. The third-order valence-electron chi connectivity index (χ3n) is 14.9. The molecule has 64 heavy (non-hydrogen) atoms. The van der Waals surface area contributed by atoms with Crippen LogP contribution in [0.2, 0.25) is 0 Å². The Morgan fingerprint density at radius 3 is 2.61 bits per heavy atom. The Balaban J connectivity index is 0.808. The molecule has 4 atom stereocenters. The van der Waals surface area contributed by atoms with Crippen molar-refractivity contribution in [3.05, 3.63) is 99.9 Å². The van der Waals surface area contributed by atoms with Crippen LogP contribution in [0, 0.1) is 33.3 Å². The van der Waals surface area contributed by atoms with Crippen LogP contribution >= 0.6 is 0 Å². The van der Waals surface area contributed by atoms with Gasteiger partial charge in [0.1, 0.15) is 23.8 Å². The standard InChI is InChI=1S/C47H52N8O8S/c1-27(2)32-6-3-4-7-33(32)38-8-5-15-54(38)30-21-47(22-30)12-16-53(17-13-47)29-9-10-34(40(19-29)63-31-18-28-11-14-48-44(28)49-23-31)45(56)52-64(59,60)41-20-39(55(57)58)43-46(51-41)62-26-37(50-43)42-35-24-61-25-36(35)42/h3-4,6-7,9-11,14,18-20,23,27,30,35-38,42,50H,5,8,12-13,15-17,21-22,24-26H2,1-2H3,(H,48,49)(H,52,56)/t35?,36?,37-,38+,42?/m1/s1. The molecule has 2 aliphatic carbocycles. The Labute approximate surface area is 371 Å². The summed E-state index contributed by atoms with van der Waals surface area (Å²) in [5.41, 5.74) is 4.21. The minimum absolute atomic E-state index is 0.0148. The number of nitrogens with zero attached hydrogens (tertiary/aromatic N) is 5. The maximum Gasteiger partial charge on any atom is 0.300 e. The van der Waals surface area contributed by atoms with Crippen molar-refractivity contribution < 1.29 is 32.3 Å². The fraction of sp³-hybridized carbons (Fsp3) is 0.468. The summed E-state index contributed by atoms with van der Waals surface area (Å²) in [4.78, 5) is 42.4. The number of likely N-dealkylation sites (tertiary alicyclic amines) is 1. The highest BCUT2D eigenvalue weighted by atomic mass is 32.2. The van der Waals surface area contributed by atoms with E-state index >= 15 is 0 Å². The topological polar surface area (TPSA) is 194 Å². The number of pyridine rings is 2. The van der Waals surface area contributed by atoms with Gasteiger partial charge < -0.3 is 29.4 Å². The summed E-state index contributed by atoms with van der Waals surface area (Å²) in [5, 5.41) is 15.6. The zero-order chi connectivity index (χ0) is 43.9. The van der Waals surface area contributed by atoms with Gasteiger partial charge in [-0.25, -0.2) is 9.71 Å². The first-order valence-electron chi connectivity index (χ1n) is 22.5. The maximum absolute atomic E-state index is 14.0. The molecule has 0 bridgehead atoms. The van der Waals surface area contributed by atoms with E-state index in [-0.39, 0.29) is 41.4 Å². The first-order chi connectivity index (χ1) is 30.9. The number of rotatable bonds is 11. The number of anilines is 2. The molecule has 5 aromatic rings. The Kier molecular flexibility index (Phi) is 10.1. The minimum Gasteiger partial charge on any atom is -0.474 e. The van der Waals surface area contributed by atoms with E-state index in [9.17, 15) is 23.3 Å². The summed E-state index contributed by atoms with van der Waals surface area (Å²) in [7, 11) is -4.74. The van der Waals surface area contributed by atoms with Crippen molar-refractivity contribution >= 4 is 44.0 Å². The van der Waals surface area contributed by atoms with Crippen molar-refractivity contribution in [2.75, 3.05) is 49.7 Å². The van der Waals surface area contributed by atoms with Gasteiger partial charge in [-0.3, -0.25) is 19.8 Å². The molecule has 6 aliphatic rings. The number of piperidine rings is 1. The number of nitrogens with one attached hydrogen (secondary N) is 3. The van der Waals surface area contributed by atoms with Crippen LogP contribution in [-0.2, 0) is 14.8 Å². The molecule has 3 N–H and O–H groups in total. The molecule has 1 amide bonds. The van der Waals surface area contributed by atoms with Crippen LogP contribution in [0.3, 0.4) is 0 Å². The van der Waals surface area contributed by atoms with Crippen molar-refractivity contribution in [2.24, 2.45) is 23.2 Å². The second kappa shape index (κ2) is 15.7. The van der Waals surface area contributed by atoms with Crippen LogP contribution in [0.5, 0.6) is 17.4 Å². The number of carbonyl (C=O) groups excluding carboxylic acids is 1. The molecule has 5 fully saturated rings. The zero-order valence-electron chi connectivity index (χ0n) is 35.9. The predicted octanol–water partition coefficient (Wildman–Crippen LogP) is 7.55. The quantitative estimate of drug-likeness (QED) is 0.0870. The number of benzene rings is 2. The van der Waals surface area contributed by atoms with Crippen molar-refractivity contribution in [3.8, 4) is 17.4 Å². The lowest BCUT2D eigenvalue weighted by molar-refractivity contribution is -0.384. The number of nitro groups is 1. The third-order valence-corrected chi connectivity index (χ3v) is 16.1. The Bertz CT molecular complexity index is 2750. The van der Waals surface area contributed by atoms with E-state index in [0.717, 1.165) is 49.6 Å². The lowest BCUT2D eigenvalue weighted by Gasteiger charge is -2.56. The molecule has 2 unspecified atom stereocenters. The smallest absolute Gasteiger partial charge is 0.300 e. The third kappa shape index (κ3) is 7.30. The number of aromatic nitrogens is 3. The molecule has 0 radical (unpaired) electrons. The zero-order valence-corrected chi connectivity index (χ0v) is 36.7. The number of H-pyrrole nitrogens is 1. The van der Waals surface area contributed by atoms with Gasteiger partial charge in [-0.05, 0) is 110 Å². The predicted molar refractivity (Wildman–Crippen MR) is 238 cm³/mol. The summed E-state index contributed by atoms with van der Waals surface area (Å²) in [5.74, 6) is 0.733. The number of sulfonamides is 1. The van der Waals surface area contributed by atoms with E-state index in [0.29, 0.717) is 59.9 Å². The SMILES string of the molecule is CC(C)c1ccccc1[C@@H]1CCCN1C1CC2(CCN(c3ccc(C(=O)NS(=O)(=O)c4cc([N+](=O)[O-])c5c(n4)OC[C@H](C4C6COCC64)N5)c(Oc4cnc5[nH]ccc5c4)c3)CC2)C1. The average Bonchev–Trinajstić information content (AvgIpc) is 3.75. The van der Waals surface area contributed by atoms with Gasteiger partial charge in [0.15, 0.2) is 10.7 Å². The Hall–Kier alpha value is -5.78. The maximum atomic E-state index is 14.0. The van der Waals surface area contributed by atoms with Crippen LogP contribution in [0.25, 0.3) is 11.0 Å². The van der Waals surface area contributed by atoms with E-state index in [1.807, 2.05) is 12.1 Å². The minimum atomic E-state index is -4.74. The van der Waals surface area contributed by atoms with E-state index in [2.05, 4.69) is 72.9 Å². The highest BCUT2D eigenvalue weighted by molar-refractivity contribution is 7.90. The number of carbonyl (C=O) groups is 1. The average molecular weight is 889 g/mol. The number of ether oxygens (including phenoxy) is 3. The molecular formula is C47H52N8O8S. The van der Waals surface area contributed by atoms with E-state index in [4.69, 9.17) is 14.2 Å². The summed E-state index contributed by atoms with van der Waals surface area (Å²) in [6.45, 7) is 8.82. The van der Waals surface area contributed by atoms with Gasteiger partial charge in [0.25, 0.3) is 15.9 Å². The van der Waals surface area contributed by atoms with Gasteiger partial charge in [-0.2, -0.15) is 13.4 Å². The van der Waals surface area contributed by atoms with Crippen molar-refractivity contribution in [3.63, 3.8) is 0 Å². The Morgan fingerprint density at radius 1 is 1.03 bits per heavy atom. The van der Waals surface area contributed by atoms with Crippen molar-refractivity contribution in [1.29, 1.82) is 0 Å². The molecule has 3 saturated heterocycles. The first-order valence-corrected chi connectivity index (χ1v) is 24.0. The molecule has 17 heteroatoms. The van der Waals surface area contributed by atoms with Gasteiger partial charge in [0, 0.05) is 48.5 Å². The largest absolute Gasteiger partial charge is 0.474 e. The number of aromatic amines is 1. The second-order valence-corrected chi connectivity index (χ2v) is 20.6. The molecule has 11 rings (SSSR count). The lowest BCUT2D eigenvalue weighted by atomic mass is 9.59. The first kappa shape index (κ1) is 41.0. The summed E-state index contributed by atoms with van der Waals surface area (Å²) in [6, 6.07) is 19.5. The lowest BCUT2D eigenvalue weighted by Crippen LogP contribution is -2.54. The molecule has 7 heterocycles. The van der Waals surface area contributed by atoms with Gasteiger partial charge in [0.2, 0.25) is 5.88 Å². The van der Waals surface area contributed by atoms with Crippen molar-refractivity contribution in [1.82, 2.24) is 24.6 Å². The normalized spacial score (nSPS) is 25.0. The Morgan fingerprint density at radius 2 is 1.83 bits per heavy atom. The van der Waals surface area contributed by atoms with Gasteiger partial charge >= 0.3 is 5.69 Å². The molecule has 4 aliphatic heterocycles. The van der Waals surface area contributed by atoms with Crippen LogP contribution in [0.1, 0.15) is 85.8 Å². The van der Waals surface area contributed by atoms with Crippen LogP contribution < -0.4 is 24.4 Å². The highest BCUT2D eigenvalue weighted by Gasteiger charge is 2.58. The van der Waals surface area contributed by atoms with Crippen LogP contribution in [0.15, 0.2) is 78.1 Å². The number of hydrogen-bond acceptors (Lipinski definition) is 13. The van der Waals surface area contributed by atoms with Crippen LogP contribution in [-0.4, -0.2) is 90.6 Å². The summed E-state index contributed by atoms with van der Waals surface area (Å²) in [6.07, 6.45) is 10.2. The number of fused-ring (bicyclic) bond motifs is 3. The van der Waals surface area contributed by atoms with Crippen molar-refractivity contribution in [2.45, 2.75) is 81.4 Å². The molecule has 1 spiro atoms. The molecular weight excluding hydrogens is 837 g/mol. The van der Waals surface area contributed by atoms with Crippen LogP contribution in [0.4, 0.5) is 17.1 Å². The molecule has 334 valence electrons. The monoisotopic (exact) mass is 888 g/mol. The molecule has 2 saturated carbocycles. The molecule has 3 aromatic heterocycles. The van der Waals surface area contributed by atoms with Gasteiger partial charge in [0.05, 0.1) is 42.0 Å². The highest BCUT2D eigenvalue weighted by Crippen LogP contribution is 2.56. The van der Waals surface area contributed by atoms with Gasteiger partial charge in [-0.15, -0.1) is 0 Å². The fourth-order valence-corrected chi connectivity index (χ4v) is 12.5.